The summed E-state index contributed by atoms with van der Waals surface area (Å²) in [5, 5.41) is 6.26. The predicted molar refractivity (Wildman–Crippen MR) is 115 cm³/mol. The first-order valence-electron chi connectivity index (χ1n) is 10.2. The lowest BCUT2D eigenvalue weighted by Gasteiger charge is -2.29. The molecule has 2 aliphatic heterocycles. The highest BCUT2D eigenvalue weighted by Crippen LogP contribution is 2.32. The fourth-order valence-electron chi connectivity index (χ4n) is 3.81. The summed E-state index contributed by atoms with van der Waals surface area (Å²) in [6, 6.07) is 5.32. The summed E-state index contributed by atoms with van der Waals surface area (Å²) in [4.78, 5) is 26.8. The van der Waals surface area contributed by atoms with Gasteiger partial charge in [-0.2, -0.15) is 0 Å². The molecular weight excluding hydrogens is 394 g/mol. The molecule has 2 heterocycles. The number of likely N-dealkylation sites (N-methyl/N-ethyl adjacent to an activating group) is 1. The van der Waals surface area contributed by atoms with Gasteiger partial charge in [0.05, 0.1) is 6.54 Å². The van der Waals surface area contributed by atoms with Crippen LogP contribution in [0.5, 0.6) is 11.5 Å². The first kappa shape index (κ1) is 23.3. The number of nitrogens with one attached hydrogen (secondary N) is 2. The van der Waals surface area contributed by atoms with E-state index in [0.29, 0.717) is 55.2 Å². The number of piperidine rings is 1. The molecule has 2 aliphatic rings. The van der Waals surface area contributed by atoms with Crippen molar-refractivity contribution < 1.29 is 19.1 Å². The Morgan fingerprint density at radius 3 is 2.72 bits per heavy atom. The molecule has 1 fully saturated rings. The van der Waals surface area contributed by atoms with E-state index in [0.717, 1.165) is 19.5 Å². The van der Waals surface area contributed by atoms with E-state index in [1.54, 1.807) is 23.1 Å². The van der Waals surface area contributed by atoms with Crippen molar-refractivity contribution in [1.82, 2.24) is 10.2 Å². The molecule has 1 aromatic rings. The van der Waals surface area contributed by atoms with Crippen molar-refractivity contribution in [2.75, 3.05) is 44.7 Å². The Morgan fingerprint density at radius 1 is 1.28 bits per heavy atom. The minimum Gasteiger partial charge on any atom is -0.486 e. The number of nitrogens with zero attached hydrogens (tertiary/aromatic N) is 1. The smallest absolute Gasteiger partial charge is 0.243 e. The highest BCUT2D eigenvalue weighted by atomic mass is 35.5. The van der Waals surface area contributed by atoms with Crippen molar-refractivity contribution >= 4 is 29.9 Å². The van der Waals surface area contributed by atoms with E-state index >= 15 is 0 Å². The maximum absolute atomic E-state index is 12.7. The quantitative estimate of drug-likeness (QED) is 0.702. The van der Waals surface area contributed by atoms with Gasteiger partial charge in [-0.25, -0.2) is 0 Å². The lowest BCUT2D eigenvalue weighted by atomic mass is 9.85. The second kappa shape index (κ2) is 11.3. The molecule has 162 valence electrons. The molecule has 7 nitrogen and oxygen atoms in total. The van der Waals surface area contributed by atoms with Gasteiger partial charge in [-0.1, -0.05) is 6.92 Å². The summed E-state index contributed by atoms with van der Waals surface area (Å²) in [7, 11) is 0. The topological polar surface area (TPSA) is 79.9 Å². The Balaban J connectivity index is 0.00000300. The summed E-state index contributed by atoms with van der Waals surface area (Å²) < 4.78 is 11.0. The molecule has 0 spiro atoms. The second-order valence-electron chi connectivity index (χ2n) is 7.60. The van der Waals surface area contributed by atoms with Crippen LogP contribution in [-0.4, -0.2) is 56.1 Å². The predicted octanol–water partition coefficient (Wildman–Crippen LogP) is 2.69. The zero-order valence-electron chi connectivity index (χ0n) is 17.2. The van der Waals surface area contributed by atoms with Gasteiger partial charge in [0.2, 0.25) is 11.8 Å². The SMILES string of the molecule is CCN(CC(=O)Nc1ccc2c(c1)OCCO2)C(=O)CC(C)C1CCCNC1.Cl. The number of hydrogen-bond donors (Lipinski definition) is 2. The summed E-state index contributed by atoms with van der Waals surface area (Å²) in [6.45, 7) is 7.69. The first-order chi connectivity index (χ1) is 13.6. The van der Waals surface area contributed by atoms with Crippen LogP contribution in [0.1, 0.15) is 33.1 Å². The summed E-state index contributed by atoms with van der Waals surface area (Å²) in [5.41, 5.74) is 0.638. The van der Waals surface area contributed by atoms with Gasteiger partial charge in [-0.3, -0.25) is 9.59 Å². The third kappa shape index (κ3) is 6.51. The zero-order chi connectivity index (χ0) is 19.9. The summed E-state index contributed by atoms with van der Waals surface area (Å²) >= 11 is 0. The molecule has 0 saturated carbocycles. The molecule has 3 rings (SSSR count). The number of anilines is 1. The zero-order valence-corrected chi connectivity index (χ0v) is 18.1. The van der Waals surface area contributed by atoms with Crippen LogP contribution >= 0.6 is 12.4 Å². The van der Waals surface area contributed by atoms with Crippen LogP contribution in [0.4, 0.5) is 5.69 Å². The van der Waals surface area contributed by atoms with Crippen molar-refractivity contribution in [1.29, 1.82) is 0 Å². The Bertz CT molecular complexity index is 695. The van der Waals surface area contributed by atoms with E-state index < -0.39 is 0 Å². The second-order valence-corrected chi connectivity index (χ2v) is 7.60. The van der Waals surface area contributed by atoms with E-state index in [9.17, 15) is 9.59 Å². The van der Waals surface area contributed by atoms with Gasteiger partial charge in [0.1, 0.15) is 13.2 Å². The third-order valence-corrected chi connectivity index (χ3v) is 5.53. The largest absolute Gasteiger partial charge is 0.486 e. The van der Waals surface area contributed by atoms with Crippen LogP contribution in [0.3, 0.4) is 0 Å². The Kier molecular flexibility index (Phi) is 9.04. The molecule has 8 heteroatoms. The monoisotopic (exact) mass is 425 g/mol. The molecule has 1 saturated heterocycles. The molecular formula is C21H32ClN3O4. The number of rotatable bonds is 7. The van der Waals surface area contributed by atoms with Crippen molar-refractivity contribution in [3.63, 3.8) is 0 Å². The van der Waals surface area contributed by atoms with Crippen LogP contribution in [-0.2, 0) is 9.59 Å². The van der Waals surface area contributed by atoms with E-state index in [-0.39, 0.29) is 30.8 Å². The molecule has 0 bridgehead atoms. The molecule has 0 aromatic heterocycles. The minimum atomic E-state index is -0.209. The fourth-order valence-corrected chi connectivity index (χ4v) is 3.81. The standard InChI is InChI=1S/C21H31N3O4.ClH/c1-3-24(21(26)11-15(2)16-5-4-8-22-13-16)14-20(25)23-17-6-7-18-19(12-17)28-10-9-27-18;/h6-7,12,15-16,22H,3-5,8-11,13-14H2,1-2H3,(H,23,25);1H. The van der Waals surface area contributed by atoms with E-state index in [2.05, 4.69) is 17.6 Å². The fraction of sp³-hybridized carbons (Fsp3) is 0.619. The van der Waals surface area contributed by atoms with Gasteiger partial charge in [0.25, 0.3) is 0 Å². The number of carbonyl (C=O) groups excluding carboxylic acids is 2. The van der Waals surface area contributed by atoms with E-state index in [4.69, 9.17) is 9.47 Å². The Labute approximate surface area is 178 Å². The van der Waals surface area contributed by atoms with Gasteiger partial charge >= 0.3 is 0 Å². The van der Waals surface area contributed by atoms with Crippen LogP contribution < -0.4 is 20.1 Å². The number of benzene rings is 1. The number of amides is 2. The van der Waals surface area contributed by atoms with Crippen LogP contribution in [0.15, 0.2) is 18.2 Å². The number of halogens is 1. The van der Waals surface area contributed by atoms with Crippen LogP contribution in [0.2, 0.25) is 0 Å². The molecule has 2 amide bonds. The van der Waals surface area contributed by atoms with Gasteiger partial charge in [0.15, 0.2) is 11.5 Å². The average Bonchev–Trinajstić information content (AvgIpc) is 2.72. The molecule has 2 unspecified atom stereocenters. The Hall–Kier alpha value is -1.99. The van der Waals surface area contributed by atoms with Crippen molar-refractivity contribution in [2.24, 2.45) is 11.8 Å². The molecule has 0 radical (unpaired) electrons. The first-order valence-corrected chi connectivity index (χ1v) is 10.2. The normalized spacial score (nSPS) is 18.9. The number of carbonyl (C=O) groups is 2. The molecule has 2 atom stereocenters. The van der Waals surface area contributed by atoms with E-state index in [1.807, 2.05) is 6.92 Å². The summed E-state index contributed by atoms with van der Waals surface area (Å²) in [6.07, 6.45) is 2.81. The number of hydrogen-bond acceptors (Lipinski definition) is 5. The minimum absolute atomic E-state index is 0. The molecule has 2 N–H and O–H groups in total. The lowest BCUT2D eigenvalue weighted by Crippen LogP contribution is -2.40. The van der Waals surface area contributed by atoms with Gasteiger partial charge in [-0.05, 0) is 56.8 Å². The average molecular weight is 426 g/mol. The molecule has 29 heavy (non-hydrogen) atoms. The van der Waals surface area contributed by atoms with Crippen molar-refractivity contribution in [2.45, 2.75) is 33.1 Å². The van der Waals surface area contributed by atoms with Gasteiger partial charge < -0.3 is 25.0 Å². The Morgan fingerprint density at radius 2 is 2.03 bits per heavy atom. The molecule has 0 aliphatic carbocycles. The summed E-state index contributed by atoms with van der Waals surface area (Å²) in [5.74, 6) is 1.98. The van der Waals surface area contributed by atoms with Gasteiger partial charge in [0, 0.05) is 24.7 Å². The van der Waals surface area contributed by atoms with Gasteiger partial charge in [-0.15, -0.1) is 12.4 Å². The highest BCUT2D eigenvalue weighted by Gasteiger charge is 2.25. The van der Waals surface area contributed by atoms with Crippen molar-refractivity contribution in [3.05, 3.63) is 18.2 Å². The lowest BCUT2D eigenvalue weighted by molar-refractivity contribution is -0.135. The number of ether oxygens (including phenoxy) is 2. The molecule has 1 aromatic carbocycles. The third-order valence-electron chi connectivity index (χ3n) is 5.53. The van der Waals surface area contributed by atoms with Crippen molar-refractivity contribution in [3.8, 4) is 11.5 Å². The maximum atomic E-state index is 12.7. The highest BCUT2D eigenvalue weighted by molar-refractivity contribution is 5.94. The van der Waals surface area contributed by atoms with Crippen LogP contribution in [0.25, 0.3) is 0 Å². The van der Waals surface area contributed by atoms with E-state index in [1.165, 1.54) is 6.42 Å². The number of fused-ring (bicyclic) bond motifs is 1. The van der Waals surface area contributed by atoms with Crippen LogP contribution in [0, 0.1) is 11.8 Å². The maximum Gasteiger partial charge on any atom is 0.243 e.